The molecule has 0 aromatic rings. The molecule has 1 saturated carbocycles. The van der Waals surface area contributed by atoms with E-state index in [0.717, 1.165) is 35.2 Å². The summed E-state index contributed by atoms with van der Waals surface area (Å²) in [5.41, 5.74) is 0. The summed E-state index contributed by atoms with van der Waals surface area (Å²) < 4.78 is 0. The maximum atomic E-state index is 2.46. The first-order chi connectivity index (χ1) is 6.45. The molecule has 78 valence electrons. The van der Waals surface area contributed by atoms with Crippen LogP contribution in [0.2, 0.25) is 17.5 Å². The number of hydrogen-bond donors (Lipinski definition) is 0. The van der Waals surface area contributed by atoms with Crippen LogP contribution >= 0.6 is 0 Å². The SMILES string of the molecule is BC1CCC(C)C(B)C(C)C(C)C1B. The number of hydrogen-bond acceptors (Lipinski definition) is 0. The lowest BCUT2D eigenvalue weighted by molar-refractivity contribution is 0.259. The molecule has 0 aromatic heterocycles. The first-order valence-electron chi connectivity index (χ1n) is 6.45. The third-order valence-electron chi connectivity index (χ3n) is 5.36. The summed E-state index contributed by atoms with van der Waals surface area (Å²) in [5.74, 6) is 5.43. The zero-order chi connectivity index (χ0) is 10.9. The van der Waals surface area contributed by atoms with Gasteiger partial charge in [0.25, 0.3) is 0 Å². The monoisotopic (exact) mass is 190 g/mol. The largest absolute Gasteiger partial charge is 0.106 e. The quantitative estimate of drug-likeness (QED) is 0.498. The highest BCUT2D eigenvalue weighted by Crippen LogP contribution is 2.44. The van der Waals surface area contributed by atoms with Gasteiger partial charge in [0.15, 0.2) is 0 Å². The zero-order valence-electron chi connectivity index (χ0n) is 10.9. The third-order valence-corrected chi connectivity index (χ3v) is 5.36. The van der Waals surface area contributed by atoms with E-state index >= 15 is 0 Å². The van der Waals surface area contributed by atoms with Crippen molar-refractivity contribution in [1.82, 2.24) is 0 Å². The normalized spacial score (nSPS) is 50.8. The van der Waals surface area contributed by atoms with Crippen molar-refractivity contribution >= 4 is 23.5 Å². The molecular formula is C11H25B3. The Morgan fingerprint density at radius 3 is 1.86 bits per heavy atom. The molecule has 0 aliphatic heterocycles. The maximum Gasteiger partial charge on any atom is 0.106 e. The first kappa shape index (κ1) is 12.3. The van der Waals surface area contributed by atoms with E-state index in [1.165, 1.54) is 12.8 Å². The minimum Gasteiger partial charge on any atom is -0.0736 e. The van der Waals surface area contributed by atoms with Gasteiger partial charge in [0.1, 0.15) is 23.5 Å². The van der Waals surface area contributed by atoms with E-state index in [-0.39, 0.29) is 0 Å². The van der Waals surface area contributed by atoms with E-state index in [2.05, 4.69) is 44.3 Å². The van der Waals surface area contributed by atoms with Crippen LogP contribution in [-0.2, 0) is 0 Å². The van der Waals surface area contributed by atoms with Crippen LogP contribution in [0.25, 0.3) is 0 Å². The molecule has 0 amide bonds. The summed E-state index contributed by atoms with van der Waals surface area (Å²) in [7, 11) is 7.35. The van der Waals surface area contributed by atoms with Crippen LogP contribution < -0.4 is 0 Å². The molecule has 0 N–H and O–H groups in total. The van der Waals surface area contributed by atoms with Crippen LogP contribution in [0, 0.1) is 17.8 Å². The summed E-state index contributed by atoms with van der Waals surface area (Å²) in [6.07, 6.45) is 2.87. The van der Waals surface area contributed by atoms with Gasteiger partial charge in [-0.3, -0.25) is 0 Å². The predicted octanol–water partition coefficient (Wildman–Crippen LogP) is 0.953. The van der Waals surface area contributed by atoms with Crippen LogP contribution in [0.4, 0.5) is 0 Å². The van der Waals surface area contributed by atoms with Gasteiger partial charge in [0, 0.05) is 0 Å². The summed E-state index contributed by atoms with van der Waals surface area (Å²) in [4.78, 5) is 0. The first-order valence-corrected chi connectivity index (χ1v) is 6.45. The molecule has 1 aliphatic carbocycles. The average Bonchev–Trinajstić information content (AvgIpc) is 2.19. The third kappa shape index (κ3) is 2.41. The molecule has 0 heterocycles. The highest BCUT2D eigenvalue weighted by Gasteiger charge is 2.31. The van der Waals surface area contributed by atoms with Crippen LogP contribution in [0.5, 0.6) is 0 Å². The Hall–Kier alpha value is 0.195. The van der Waals surface area contributed by atoms with E-state index in [1.807, 2.05) is 0 Å². The van der Waals surface area contributed by atoms with Gasteiger partial charge in [-0.1, -0.05) is 51.1 Å². The highest BCUT2D eigenvalue weighted by molar-refractivity contribution is 6.21. The second-order valence-corrected chi connectivity index (χ2v) is 5.97. The molecule has 0 spiro atoms. The molecule has 1 rings (SSSR count). The zero-order valence-corrected chi connectivity index (χ0v) is 10.9. The maximum absolute atomic E-state index is 2.46. The second-order valence-electron chi connectivity index (χ2n) is 5.97. The number of rotatable bonds is 0. The van der Waals surface area contributed by atoms with Crippen LogP contribution in [0.3, 0.4) is 0 Å². The van der Waals surface area contributed by atoms with E-state index in [9.17, 15) is 0 Å². The second kappa shape index (κ2) is 4.81. The van der Waals surface area contributed by atoms with Gasteiger partial charge in [0.2, 0.25) is 0 Å². The van der Waals surface area contributed by atoms with Crippen LogP contribution in [0.1, 0.15) is 33.6 Å². The molecule has 0 nitrogen and oxygen atoms in total. The lowest BCUT2D eigenvalue weighted by Crippen LogP contribution is -2.28. The van der Waals surface area contributed by atoms with Gasteiger partial charge in [-0.2, -0.15) is 0 Å². The van der Waals surface area contributed by atoms with Gasteiger partial charge in [0.05, 0.1) is 0 Å². The highest BCUT2D eigenvalue weighted by atomic mass is 14.3. The van der Waals surface area contributed by atoms with Crippen molar-refractivity contribution in [2.24, 2.45) is 17.8 Å². The van der Waals surface area contributed by atoms with Crippen LogP contribution in [0.15, 0.2) is 0 Å². The average molecular weight is 190 g/mol. The molecule has 14 heavy (non-hydrogen) atoms. The van der Waals surface area contributed by atoms with Gasteiger partial charge < -0.3 is 0 Å². The molecule has 1 fully saturated rings. The van der Waals surface area contributed by atoms with Crippen molar-refractivity contribution in [3.63, 3.8) is 0 Å². The van der Waals surface area contributed by atoms with Crippen molar-refractivity contribution < 1.29 is 0 Å². The Morgan fingerprint density at radius 2 is 1.29 bits per heavy atom. The topological polar surface area (TPSA) is 0 Å². The Kier molecular flexibility index (Phi) is 4.22. The Bertz CT molecular complexity index is 163. The Labute approximate surface area is 92.8 Å². The fraction of sp³-hybridized carbons (Fsp3) is 1.00. The van der Waals surface area contributed by atoms with Crippen molar-refractivity contribution in [2.45, 2.75) is 51.1 Å². The van der Waals surface area contributed by atoms with Crippen molar-refractivity contribution in [1.29, 1.82) is 0 Å². The molecule has 6 unspecified atom stereocenters. The minimum absolute atomic E-state index is 0.891. The fourth-order valence-electron chi connectivity index (χ4n) is 3.05. The summed E-state index contributed by atoms with van der Waals surface area (Å²) in [6, 6.07) is 0. The van der Waals surface area contributed by atoms with E-state index in [0.29, 0.717) is 0 Å². The van der Waals surface area contributed by atoms with Gasteiger partial charge in [-0.15, -0.1) is 0 Å². The molecular weight excluding hydrogens is 165 g/mol. The van der Waals surface area contributed by atoms with Crippen molar-refractivity contribution in [3.05, 3.63) is 0 Å². The van der Waals surface area contributed by atoms with Crippen molar-refractivity contribution in [2.75, 3.05) is 0 Å². The molecule has 6 atom stereocenters. The van der Waals surface area contributed by atoms with E-state index < -0.39 is 0 Å². The molecule has 0 saturated heterocycles. The fourth-order valence-corrected chi connectivity index (χ4v) is 3.05. The van der Waals surface area contributed by atoms with Crippen molar-refractivity contribution in [3.8, 4) is 0 Å². The molecule has 1 aliphatic rings. The molecule has 3 heteroatoms. The van der Waals surface area contributed by atoms with Gasteiger partial charge in [-0.25, -0.2) is 0 Å². The molecule has 0 aromatic carbocycles. The minimum atomic E-state index is 0.891. The Morgan fingerprint density at radius 1 is 0.786 bits per heavy atom. The summed E-state index contributed by atoms with van der Waals surface area (Å²) in [6.45, 7) is 7.36. The standard InChI is InChI=1S/C11H25B3/c1-6-4-5-9(12)11(14)8(3)7(2)10(6)13/h6-11H,4-5,12-14H2,1-3H3. The van der Waals surface area contributed by atoms with Gasteiger partial charge in [-0.05, 0) is 17.8 Å². The van der Waals surface area contributed by atoms with Gasteiger partial charge >= 0.3 is 0 Å². The lowest BCUT2D eigenvalue weighted by atomic mass is 9.51. The Balaban J connectivity index is 2.75. The lowest BCUT2D eigenvalue weighted by Gasteiger charge is -2.40. The predicted molar refractivity (Wildman–Crippen MR) is 73.6 cm³/mol. The summed E-state index contributed by atoms with van der Waals surface area (Å²) >= 11 is 0. The van der Waals surface area contributed by atoms with E-state index in [4.69, 9.17) is 0 Å². The summed E-state index contributed by atoms with van der Waals surface area (Å²) in [5, 5.41) is 0. The molecule has 0 radical (unpaired) electrons. The smallest absolute Gasteiger partial charge is 0.0736 e. The molecule has 0 bridgehead atoms. The van der Waals surface area contributed by atoms with Crippen LogP contribution in [-0.4, -0.2) is 23.5 Å². The van der Waals surface area contributed by atoms with E-state index in [1.54, 1.807) is 0 Å².